The van der Waals surface area contributed by atoms with Crippen LogP contribution in [-0.4, -0.2) is 43.6 Å². The van der Waals surface area contributed by atoms with Gasteiger partial charge in [-0.2, -0.15) is 5.10 Å². The molecule has 8 heteroatoms. The van der Waals surface area contributed by atoms with Crippen LogP contribution in [0.4, 0.5) is 5.95 Å². The van der Waals surface area contributed by atoms with Crippen LogP contribution >= 0.6 is 11.6 Å². The first-order chi connectivity index (χ1) is 14.1. The zero-order valence-electron chi connectivity index (χ0n) is 15.9. The molecule has 1 atom stereocenters. The normalized spacial score (nSPS) is 20.8. The van der Waals surface area contributed by atoms with Gasteiger partial charge in [-0.05, 0) is 55.5 Å². The summed E-state index contributed by atoms with van der Waals surface area (Å²) in [6.07, 6.45) is 9.19. The number of likely N-dealkylation sites (tertiary alicyclic amines) is 1. The Morgan fingerprint density at radius 1 is 1.28 bits per heavy atom. The zero-order valence-corrected chi connectivity index (χ0v) is 16.6. The number of anilines is 1. The molecular weight excluding hydrogens is 388 g/mol. The highest BCUT2D eigenvalue weighted by Gasteiger charge is 2.45. The summed E-state index contributed by atoms with van der Waals surface area (Å²) in [7, 11) is 0. The van der Waals surface area contributed by atoms with Gasteiger partial charge >= 0.3 is 0 Å². The summed E-state index contributed by atoms with van der Waals surface area (Å²) in [5.41, 5.74) is 9.18. The van der Waals surface area contributed by atoms with Crippen molar-refractivity contribution in [3.8, 4) is 5.69 Å². The molecule has 3 aromatic rings. The number of carbonyl (C=O) groups excluding carboxylic acids is 1. The Bertz CT molecular complexity index is 1080. The minimum Gasteiger partial charge on any atom is -0.368 e. The molecule has 7 nitrogen and oxygen atoms in total. The first-order valence-electron chi connectivity index (χ1n) is 9.76. The molecule has 0 bridgehead atoms. The molecule has 1 aromatic carbocycles. The van der Waals surface area contributed by atoms with Gasteiger partial charge in [-0.25, -0.2) is 14.6 Å². The second-order valence-corrected chi connectivity index (χ2v) is 8.23. The maximum absolute atomic E-state index is 13.4. The van der Waals surface area contributed by atoms with Crippen LogP contribution in [0.3, 0.4) is 0 Å². The summed E-state index contributed by atoms with van der Waals surface area (Å²) in [4.78, 5) is 24.0. The van der Waals surface area contributed by atoms with Gasteiger partial charge < -0.3 is 10.6 Å². The Morgan fingerprint density at radius 2 is 2.17 bits per heavy atom. The summed E-state index contributed by atoms with van der Waals surface area (Å²) in [5.74, 6) is 0.238. The fourth-order valence-corrected chi connectivity index (χ4v) is 4.87. The summed E-state index contributed by atoms with van der Waals surface area (Å²) in [6.45, 7) is 1.33. The molecule has 2 N–H and O–H groups in total. The number of halogens is 1. The monoisotopic (exact) mass is 408 g/mol. The molecule has 29 heavy (non-hydrogen) atoms. The average molecular weight is 409 g/mol. The Hall–Kier alpha value is -2.93. The number of amides is 1. The van der Waals surface area contributed by atoms with E-state index < -0.39 is 0 Å². The number of aromatic nitrogens is 4. The fraction of sp³-hybridized carbons (Fsp3) is 0.333. The SMILES string of the molecule is Nc1ncc2c(n1)C1(CCCN(C(=O)c3cc(-n4cccn4)ccc3Cl)C1)CC2. The number of nitrogen functional groups attached to an aromatic ring is 1. The van der Waals surface area contributed by atoms with E-state index in [1.54, 1.807) is 16.9 Å². The molecule has 0 radical (unpaired) electrons. The first-order valence-corrected chi connectivity index (χ1v) is 10.1. The van der Waals surface area contributed by atoms with Gasteiger partial charge in [0, 0.05) is 37.1 Å². The van der Waals surface area contributed by atoms with E-state index >= 15 is 0 Å². The topological polar surface area (TPSA) is 89.9 Å². The number of benzene rings is 1. The predicted octanol–water partition coefficient (Wildman–Crippen LogP) is 3.02. The maximum atomic E-state index is 13.4. The Kier molecular flexibility index (Phi) is 4.28. The van der Waals surface area contributed by atoms with Crippen molar-refractivity contribution >= 4 is 23.5 Å². The van der Waals surface area contributed by atoms with Crippen molar-refractivity contribution in [1.82, 2.24) is 24.6 Å². The first kappa shape index (κ1) is 18.1. The number of rotatable bonds is 2. The van der Waals surface area contributed by atoms with Crippen LogP contribution < -0.4 is 5.73 Å². The molecular formula is C21H21ClN6O. The van der Waals surface area contributed by atoms with E-state index in [9.17, 15) is 4.79 Å². The second-order valence-electron chi connectivity index (χ2n) is 7.83. The van der Waals surface area contributed by atoms with Crippen LogP contribution in [0.2, 0.25) is 5.02 Å². The third kappa shape index (κ3) is 3.06. The fourth-order valence-electron chi connectivity index (χ4n) is 4.67. The summed E-state index contributed by atoms with van der Waals surface area (Å²) < 4.78 is 1.72. The lowest BCUT2D eigenvalue weighted by molar-refractivity contribution is 0.0633. The lowest BCUT2D eigenvalue weighted by Crippen LogP contribution is -2.48. The van der Waals surface area contributed by atoms with Crippen LogP contribution in [0.1, 0.15) is 40.9 Å². The number of aryl methyl sites for hydroxylation is 1. The molecule has 5 rings (SSSR count). The quantitative estimate of drug-likeness (QED) is 0.703. The minimum absolute atomic E-state index is 0.0569. The number of nitrogens with zero attached hydrogens (tertiary/aromatic N) is 5. The predicted molar refractivity (Wildman–Crippen MR) is 110 cm³/mol. The standard InChI is InChI=1S/C21H21ClN6O/c22-17-4-3-15(28-10-2-8-25-28)11-16(17)19(29)27-9-1-6-21(13-27)7-5-14-12-24-20(23)26-18(14)21/h2-4,8,10-12H,1,5-7,9,13H2,(H2,23,24,26). The molecule has 3 heterocycles. The summed E-state index contributed by atoms with van der Waals surface area (Å²) >= 11 is 6.41. The van der Waals surface area contributed by atoms with Crippen molar-refractivity contribution < 1.29 is 4.79 Å². The second kappa shape index (κ2) is 6.84. The van der Waals surface area contributed by atoms with Gasteiger partial charge in [-0.1, -0.05) is 11.6 Å². The molecule has 0 saturated carbocycles. The van der Waals surface area contributed by atoms with Crippen molar-refractivity contribution in [1.29, 1.82) is 0 Å². The molecule has 2 aliphatic rings. The van der Waals surface area contributed by atoms with E-state index in [0.717, 1.165) is 42.6 Å². The van der Waals surface area contributed by atoms with Crippen LogP contribution in [0.25, 0.3) is 5.69 Å². The molecule has 1 aliphatic heterocycles. The Balaban J connectivity index is 1.46. The molecule has 1 fully saturated rings. The summed E-state index contributed by atoms with van der Waals surface area (Å²) in [6, 6.07) is 7.26. The van der Waals surface area contributed by atoms with Crippen molar-refractivity contribution in [2.45, 2.75) is 31.1 Å². The molecule has 1 unspecified atom stereocenters. The highest BCUT2D eigenvalue weighted by molar-refractivity contribution is 6.33. The third-order valence-corrected chi connectivity index (χ3v) is 6.40. The highest BCUT2D eigenvalue weighted by Crippen LogP contribution is 2.44. The Labute approximate surface area is 173 Å². The van der Waals surface area contributed by atoms with Crippen molar-refractivity contribution in [2.75, 3.05) is 18.8 Å². The maximum Gasteiger partial charge on any atom is 0.255 e. The number of nitrogens with two attached hydrogens (primary N) is 1. The van der Waals surface area contributed by atoms with Gasteiger partial charge in [0.15, 0.2) is 0 Å². The van der Waals surface area contributed by atoms with Crippen LogP contribution in [-0.2, 0) is 11.8 Å². The number of carbonyl (C=O) groups is 1. The molecule has 1 spiro atoms. The number of hydrogen-bond acceptors (Lipinski definition) is 5. The van der Waals surface area contributed by atoms with E-state index in [2.05, 4.69) is 15.1 Å². The third-order valence-electron chi connectivity index (χ3n) is 6.07. The van der Waals surface area contributed by atoms with E-state index in [1.165, 1.54) is 0 Å². The average Bonchev–Trinajstić information content (AvgIpc) is 3.38. The van der Waals surface area contributed by atoms with E-state index in [0.29, 0.717) is 29.6 Å². The Morgan fingerprint density at radius 3 is 3.00 bits per heavy atom. The number of fused-ring (bicyclic) bond motifs is 2. The molecule has 1 saturated heterocycles. The van der Waals surface area contributed by atoms with Crippen LogP contribution in [0.5, 0.6) is 0 Å². The van der Waals surface area contributed by atoms with Crippen LogP contribution in [0, 0.1) is 0 Å². The molecule has 1 aliphatic carbocycles. The lowest BCUT2D eigenvalue weighted by atomic mass is 9.77. The zero-order chi connectivity index (χ0) is 20.0. The molecule has 148 valence electrons. The minimum atomic E-state index is -0.146. The van der Waals surface area contributed by atoms with Gasteiger partial charge in [0.1, 0.15) is 0 Å². The van der Waals surface area contributed by atoms with Gasteiger partial charge in [0.2, 0.25) is 5.95 Å². The van der Waals surface area contributed by atoms with Crippen LogP contribution in [0.15, 0.2) is 42.9 Å². The van der Waals surface area contributed by atoms with Gasteiger partial charge in [0.05, 0.1) is 22.0 Å². The van der Waals surface area contributed by atoms with E-state index in [-0.39, 0.29) is 11.3 Å². The molecule has 2 aromatic heterocycles. The van der Waals surface area contributed by atoms with Crippen molar-refractivity contribution in [2.24, 2.45) is 0 Å². The molecule has 1 amide bonds. The van der Waals surface area contributed by atoms with Gasteiger partial charge in [0.25, 0.3) is 5.91 Å². The van der Waals surface area contributed by atoms with Gasteiger partial charge in [-0.15, -0.1) is 0 Å². The van der Waals surface area contributed by atoms with E-state index in [4.69, 9.17) is 17.3 Å². The lowest BCUT2D eigenvalue weighted by Gasteiger charge is -2.40. The number of hydrogen-bond donors (Lipinski definition) is 1. The number of piperidine rings is 1. The van der Waals surface area contributed by atoms with Gasteiger partial charge in [-0.3, -0.25) is 4.79 Å². The van der Waals surface area contributed by atoms with E-state index in [1.807, 2.05) is 35.5 Å². The highest BCUT2D eigenvalue weighted by atomic mass is 35.5. The van der Waals surface area contributed by atoms with Crippen molar-refractivity contribution in [3.63, 3.8) is 0 Å². The van der Waals surface area contributed by atoms with Crippen molar-refractivity contribution in [3.05, 3.63) is 64.7 Å². The largest absolute Gasteiger partial charge is 0.368 e. The summed E-state index contributed by atoms with van der Waals surface area (Å²) in [5, 5.41) is 4.69. The smallest absolute Gasteiger partial charge is 0.255 e.